The fourth-order valence-corrected chi connectivity index (χ4v) is 2.51. The van der Waals surface area contributed by atoms with E-state index in [1.165, 1.54) is 12.4 Å². The first-order valence-electron chi connectivity index (χ1n) is 7.40. The average Bonchev–Trinajstić information content (AvgIpc) is 3.08. The molecule has 1 aliphatic rings. The van der Waals surface area contributed by atoms with Gasteiger partial charge in [-0.2, -0.15) is 0 Å². The molecule has 3 rings (SSSR count). The van der Waals surface area contributed by atoms with Crippen LogP contribution >= 0.6 is 0 Å². The third-order valence-corrected chi connectivity index (χ3v) is 3.60. The highest BCUT2D eigenvalue weighted by Crippen LogP contribution is 2.16. The van der Waals surface area contributed by atoms with Gasteiger partial charge in [-0.1, -0.05) is 6.07 Å². The molecule has 6 heteroatoms. The van der Waals surface area contributed by atoms with Crippen LogP contribution in [0.3, 0.4) is 0 Å². The molecule has 1 amide bonds. The van der Waals surface area contributed by atoms with Gasteiger partial charge in [0.15, 0.2) is 0 Å². The molecule has 0 spiro atoms. The molecule has 0 N–H and O–H groups in total. The molecule has 1 aliphatic heterocycles. The molecule has 22 heavy (non-hydrogen) atoms. The van der Waals surface area contributed by atoms with Gasteiger partial charge in [-0.3, -0.25) is 14.8 Å². The lowest BCUT2D eigenvalue weighted by Gasteiger charge is -2.24. The molecule has 1 saturated heterocycles. The van der Waals surface area contributed by atoms with Crippen LogP contribution in [0.25, 0.3) is 0 Å². The lowest BCUT2D eigenvalue weighted by Crippen LogP contribution is -2.37. The average molecular weight is 298 g/mol. The van der Waals surface area contributed by atoms with E-state index < -0.39 is 0 Å². The van der Waals surface area contributed by atoms with Crippen LogP contribution in [0, 0.1) is 0 Å². The summed E-state index contributed by atoms with van der Waals surface area (Å²) in [7, 11) is 0. The molecule has 3 heterocycles. The van der Waals surface area contributed by atoms with Crippen molar-refractivity contribution in [2.24, 2.45) is 0 Å². The second-order valence-electron chi connectivity index (χ2n) is 5.23. The summed E-state index contributed by atoms with van der Waals surface area (Å²) in [6.45, 7) is 1.75. The molecule has 0 aromatic carbocycles. The standard InChI is InChI=1S/C16H18N4O2/c21-16(15-10-17-7-8-19-15)20(12-14-5-3-9-22-14)11-13-4-1-2-6-18-13/h1-2,4,6-8,10,14H,3,5,9,11-12H2/t14-/m0/s1. The van der Waals surface area contributed by atoms with E-state index in [9.17, 15) is 4.79 Å². The molecule has 2 aromatic rings. The van der Waals surface area contributed by atoms with Crippen molar-refractivity contribution in [1.82, 2.24) is 19.9 Å². The molecule has 0 bridgehead atoms. The third-order valence-electron chi connectivity index (χ3n) is 3.60. The fourth-order valence-electron chi connectivity index (χ4n) is 2.51. The van der Waals surface area contributed by atoms with Gasteiger partial charge in [-0.15, -0.1) is 0 Å². The molecule has 6 nitrogen and oxygen atoms in total. The van der Waals surface area contributed by atoms with Gasteiger partial charge >= 0.3 is 0 Å². The highest BCUT2D eigenvalue weighted by molar-refractivity contribution is 5.91. The maximum atomic E-state index is 12.7. The summed E-state index contributed by atoms with van der Waals surface area (Å²) < 4.78 is 5.66. The van der Waals surface area contributed by atoms with Gasteiger partial charge in [-0.25, -0.2) is 4.98 Å². The Bertz CT molecular complexity index is 600. The van der Waals surface area contributed by atoms with Gasteiger partial charge in [0.2, 0.25) is 0 Å². The molecular formula is C16H18N4O2. The molecule has 0 aliphatic carbocycles. The second kappa shape index (κ2) is 7.09. The molecule has 2 aromatic heterocycles. The van der Waals surface area contributed by atoms with Crippen molar-refractivity contribution in [2.45, 2.75) is 25.5 Å². The van der Waals surface area contributed by atoms with Gasteiger partial charge in [0.25, 0.3) is 5.91 Å². The number of ether oxygens (including phenoxy) is 1. The predicted molar refractivity (Wildman–Crippen MR) is 80.0 cm³/mol. The summed E-state index contributed by atoms with van der Waals surface area (Å²) in [5.41, 5.74) is 1.19. The van der Waals surface area contributed by atoms with Crippen LogP contribution in [-0.2, 0) is 11.3 Å². The zero-order chi connectivity index (χ0) is 15.2. The summed E-state index contributed by atoms with van der Waals surface area (Å²) in [5.74, 6) is -0.144. The zero-order valence-electron chi connectivity index (χ0n) is 12.3. The van der Waals surface area contributed by atoms with E-state index in [2.05, 4.69) is 15.0 Å². The second-order valence-corrected chi connectivity index (χ2v) is 5.23. The first-order valence-corrected chi connectivity index (χ1v) is 7.40. The Morgan fingerprint density at radius 1 is 1.27 bits per heavy atom. The zero-order valence-corrected chi connectivity index (χ0v) is 12.3. The van der Waals surface area contributed by atoms with Crippen LogP contribution in [0.5, 0.6) is 0 Å². The van der Waals surface area contributed by atoms with E-state index in [1.54, 1.807) is 17.3 Å². The molecule has 0 radical (unpaired) electrons. The van der Waals surface area contributed by atoms with E-state index in [0.29, 0.717) is 18.8 Å². The SMILES string of the molecule is O=C(c1cnccn1)N(Cc1ccccn1)C[C@@H]1CCCO1. The largest absolute Gasteiger partial charge is 0.376 e. The number of carbonyl (C=O) groups excluding carboxylic acids is 1. The molecule has 0 saturated carbocycles. The van der Waals surface area contributed by atoms with Crippen LogP contribution < -0.4 is 0 Å². The predicted octanol–water partition coefficient (Wildman–Crippen LogP) is 1.69. The number of carbonyl (C=O) groups is 1. The lowest BCUT2D eigenvalue weighted by molar-refractivity contribution is 0.0499. The summed E-state index contributed by atoms with van der Waals surface area (Å²) in [4.78, 5) is 26.8. The van der Waals surface area contributed by atoms with E-state index in [4.69, 9.17) is 4.74 Å². The summed E-state index contributed by atoms with van der Waals surface area (Å²) in [6, 6.07) is 5.68. The third kappa shape index (κ3) is 3.65. The molecule has 1 atom stereocenters. The van der Waals surface area contributed by atoms with Gasteiger partial charge in [0, 0.05) is 31.7 Å². The van der Waals surface area contributed by atoms with Crippen molar-refractivity contribution < 1.29 is 9.53 Å². The van der Waals surface area contributed by atoms with E-state index in [-0.39, 0.29) is 12.0 Å². The lowest BCUT2D eigenvalue weighted by atomic mass is 10.2. The van der Waals surface area contributed by atoms with E-state index in [1.807, 2.05) is 18.2 Å². The number of aromatic nitrogens is 3. The topological polar surface area (TPSA) is 68.2 Å². The number of hydrogen-bond acceptors (Lipinski definition) is 5. The van der Waals surface area contributed by atoms with Crippen molar-refractivity contribution in [1.29, 1.82) is 0 Å². The number of rotatable bonds is 5. The van der Waals surface area contributed by atoms with Crippen molar-refractivity contribution in [3.05, 3.63) is 54.4 Å². The quantitative estimate of drug-likeness (QED) is 0.840. The maximum absolute atomic E-state index is 12.7. The summed E-state index contributed by atoms with van der Waals surface area (Å²) in [5, 5.41) is 0. The van der Waals surface area contributed by atoms with Gasteiger partial charge in [0.05, 0.1) is 24.5 Å². The van der Waals surface area contributed by atoms with Crippen molar-refractivity contribution in [2.75, 3.05) is 13.2 Å². The highest BCUT2D eigenvalue weighted by atomic mass is 16.5. The minimum absolute atomic E-state index is 0.0873. The minimum atomic E-state index is -0.144. The highest BCUT2D eigenvalue weighted by Gasteiger charge is 2.24. The van der Waals surface area contributed by atoms with E-state index in [0.717, 1.165) is 25.1 Å². The minimum Gasteiger partial charge on any atom is -0.376 e. The molecular weight excluding hydrogens is 280 g/mol. The van der Waals surface area contributed by atoms with Crippen LogP contribution in [-0.4, -0.2) is 45.0 Å². The number of amides is 1. The number of hydrogen-bond donors (Lipinski definition) is 0. The van der Waals surface area contributed by atoms with Gasteiger partial charge in [0.1, 0.15) is 5.69 Å². The van der Waals surface area contributed by atoms with Crippen molar-refractivity contribution >= 4 is 5.91 Å². The Labute approximate surface area is 129 Å². The van der Waals surface area contributed by atoms with Crippen molar-refractivity contribution in [3.63, 3.8) is 0 Å². The fraction of sp³-hybridized carbons (Fsp3) is 0.375. The van der Waals surface area contributed by atoms with Crippen molar-refractivity contribution in [3.8, 4) is 0 Å². The van der Waals surface area contributed by atoms with E-state index >= 15 is 0 Å². The Kier molecular flexibility index (Phi) is 4.70. The summed E-state index contributed by atoms with van der Waals surface area (Å²) >= 11 is 0. The van der Waals surface area contributed by atoms with Gasteiger partial charge in [-0.05, 0) is 25.0 Å². The monoisotopic (exact) mass is 298 g/mol. The normalized spacial score (nSPS) is 17.4. The molecule has 114 valence electrons. The number of nitrogens with zero attached hydrogens (tertiary/aromatic N) is 4. The van der Waals surface area contributed by atoms with Crippen LogP contribution in [0.1, 0.15) is 29.0 Å². The first kappa shape index (κ1) is 14.6. The number of pyridine rings is 1. The van der Waals surface area contributed by atoms with Crippen LogP contribution in [0.2, 0.25) is 0 Å². The van der Waals surface area contributed by atoms with Crippen LogP contribution in [0.15, 0.2) is 43.0 Å². The summed E-state index contributed by atoms with van der Waals surface area (Å²) in [6.07, 6.45) is 8.41. The Hall–Kier alpha value is -2.34. The molecule has 1 fully saturated rings. The van der Waals surface area contributed by atoms with Gasteiger partial charge < -0.3 is 9.64 Å². The van der Waals surface area contributed by atoms with Crippen LogP contribution in [0.4, 0.5) is 0 Å². The Morgan fingerprint density at radius 2 is 2.23 bits per heavy atom. The first-order chi connectivity index (χ1) is 10.8. The molecule has 0 unspecified atom stereocenters. The Morgan fingerprint density at radius 3 is 2.91 bits per heavy atom. The maximum Gasteiger partial charge on any atom is 0.274 e. The smallest absolute Gasteiger partial charge is 0.274 e. The Balaban J connectivity index is 1.77.